The van der Waals surface area contributed by atoms with Crippen LogP contribution in [-0.2, 0) is 9.31 Å². The summed E-state index contributed by atoms with van der Waals surface area (Å²) < 4.78 is 12.6. The van der Waals surface area contributed by atoms with E-state index in [0.717, 1.165) is 44.7 Å². The molecule has 7 rings (SSSR count). The van der Waals surface area contributed by atoms with Crippen molar-refractivity contribution in [1.82, 2.24) is 9.97 Å². The normalized spacial score (nSPS) is 15.2. The highest BCUT2D eigenvalue weighted by Crippen LogP contribution is 2.37. The van der Waals surface area contributed by atoms with E-state index in [4.69, 9.17) is 19.3 Å². The maximum absolute atomic E-state index is 6.31. The van der Waals surface area contributed by atoms with E-state index in [-0.39, 0.29) is 11.2 Å². The largest absolute Gasteiger partial charge is 0.494 e. The van der Waals surface area contributed by atoms with Gasteiger partial charge < -0.3 is 9.31 Å². The molecule has 1 aliphatic heterocycles. The smallest absolute Gasteiger partial charge is 0.399 e. The van der Waals surface area contributed by atoms with Crippen LogP contribution in [0.15, 0.2) is 140 Å². The van der Waals surface area contributed by atoms with Crippen molar-refractivity contribution in [3.05, 3.63) is 140 Å². The molecule has 4 nitrogen and oxygen atoms in total. The van der Waals surface area contributed by atoms with Crippen LogP contribution in [0.1, 0.15) is 27.7 Å². The van der Waals surface area contributed by atoms with E-state index in [9.17, 15) is 0 Å². The van der Waals surface area contributed by atoms with E-state index >= 15 is 0 Å². The summed E-state index contributed by atoms with van der Waals surface area (Å²) >= 11 is 0. The molecule has 0 N–H and O–H groups in total. The van der Waals surface area contributed by atoms with Crippen molar-refractivity contribution >= 4 is 12.6 Å². The number of nitrogens with zero attached hydrogens (tertiary/aromatic N) is 2. The van der Waals surface area contributed by atoms with Gasteiger partial charge in [0.15, 0.2) is 5.82 Å². The molecule has 1 fully saturated rings. The van der Waals surface area contributed by atoms with Crippen molar-refractivity contribution in [2.45, 2.75) is 38.9 Å². The molecule has 5 heteroatoms. The molecule has 1 aromatic heterocycles. The maximum Gasteiger partial charge on any atom is 0.494 e. The van der Waals surface area contributed by atoms with Gasteiger partial charge in [0.2, 0.25) is 0 Å². The third kappa shape index (κ3) is 5.85. The van der Waals surface area contributed by atoms with Gasteiger partial charge in [-0.1, -0.05) is 133 Å². The second-order valence-electron chi connectivity index (χ2n) is 12.6. The minimum absolute atomic E-state index is 0.381. The number of aromatic nitrogens is 2. The lowest BCUT2D eigenvalue weighted by Gasteiger charge is -2.32. The van der Waals surface area contributed by atoms with Gasteiger partial charge in [-0.3, -0.25) is 0 Å². The van der Waals surface area contributed by atoms with Crippen molar-refractivity contribution in [3.63, 3.8) is 0 Å². The van der Waals surface area contributed by atoms with Gasteiger partial charge in [-0.2, -0.15) is 0 Å². The lowest BCUT2D eigenvalue weighted by molar-refractivity contribution is 0.00578. The predicted molar refractivity (Wildman–Crippen MR) is 185 cm³/mol. The third-order valence-corrected chi connectivity index (χ3v) is 8.97. The Hall–Kier alpha value is -4.84. The highest BCUT2D eigenvalue weighted by atomic mass is 16.7. The van der Waals surface area contributed by atoms with Crippen molar-refractivity contribution in [2.24, 2.45) is 0 Å². The molecular weight excluding hydrogens is 551 g/mol. The van der Waals surface area contributed by atoms with E-state index < -0.39 is 7.12 Å². The SMILES string of the molecule is CC1(C)OB(c2cccc(-c3ccc(-c4cc(-c5ccc(-c6ccccc6)cc5)nc(-c5ccccc5)n4)cc3)c2)OC1(C)C. The number of hydrogen-bond donors (Lipinski definition) is 0. The first kappa shape index (κ1) is 28.9. The summed E-state index contributed by atoms with van der Waals surface area (Å²) in [5, 5.41) is 0. The number of hydrogen-bond acceptors (Lipinski definition) is 4. The summed E-state index contributed by atoms with van der Waals surface area (Å²) in [4.78, 5) is 10.0. The fourth-order valence-corrected chi connectivity index (χ4v) is 5.60. The second-order valence-corrected chi connectivity index (χ2v) is 12.6. The van der Waals surface area contributed by atoms with Crippen LogP contribution >= 0.6 is 0 Å². The van der Waals surface area contributed by atoms with Crippen LogP contribution in [0.2, 0.25) is 0 Å². The Balaban J connectivity index is 1.21. The first-order valence-corrected chi connectivity index (χ1v) is 15.4. The molecule has 1 aliphatic rings. The third-order valence-electron chi connectivity index (χ3n) is 8.97. The van der Waals surface area contributed by atoms with Crippen LogP contribution in [-0.4, -0.2) is 28.3 Å². The van der Waals surface area contributed by atoms with Gasteiger partial charge in [-0.25, -0.2) is 9.97 Å². The zero-order chi connectivity index (χ0) is 31.0. The Bertz CT molecular complexity index is 1920. The van der Waals surface area contributed by atoms with Crippen molar-refractivity contribution in [2.75, 3.05) is 0 Å². The average Bonchev–Trinajstić information content (AvgIpc) is 3.31. The number of rotatable bonds is 6. The quantitative estimate of drug-likeness (QED) is 0.183. The van der Waals surface area contributed by atoms with E-state index in [1.54, 1.807) is 0 Å². The van der Waals surface area contributed by atoms with Crippen LogP contribution in [0.25, 0.3) is 56.2 Å². The molecule has 5 aromatic carbocycles. The van der Waals surface area contributed by atoms with Gasteiger partial charge in [0.05, 0.1) is 22.6 Å². The maximum atomic E-state index is 6.31. The van der Waals surface area contributed by atoms with Crippen LogP contribution in [0, 0.1) is 0 Å². The molecule has 0 spiro atoms. The Labute approximate surface area is 265 Å². The molecule has 6 aromatic rings. The molecule has 0 atom stereocenters. The summed E-state index contributed by atoms with van der Waals surface area (Å²) in [6.45, 7) is 8.32. The molecule has 0 saturated carbocycles. The van der Waals surface area contributed by atoms with Crippen molar-refractivity contribution in [1.29, 1.82) is 0 Å². The molecule has 220 valence electrons. The standard InChI is InChI=1S/C40H35BN2O2/c1-39(2)40(3,4)45-41(44-39)35-17-11-16-34(26-35)30-20-24-32(25-21-30)37-27-36(42-38(43-37)33-14-9-6-10-15-33)31-22-18-29(19-23-31)28-12-7-5-8-13-28/h5-27H,1-4H3. The average molecular weight is 587 g/mol. The van der Waals surface area contributed by atoms with Crippen molar-refractivity contribution in [3.8, 4) is 56.2 Å². The lowest BCUT2D eigenvalue weighted by Crippen LogP contribution is -2.41. The first-order valence-electron chi connectivity index (χ1n) is 15.4. The summed E-state index contributed by atoms with van der Waals surface area (Å²) in [6.07, 6.45) is 0. The topological polar surface area (TPSA) is 44.2 Å². The molecule has 45 heavy (non-hydrogen) atoms. The van der Waals surface area contributed by atoms with Crippen LogP contribution in [0.4, 0.5) is 0 Å². The van der Waals surface area contributed by atoms with Crippen LogP contribution in [0.5, 0.6) is 0 Å². The Morgan fingerprint density at radius 1 is 0.422 bits per heavy atom. The molecule has 0 amide bonds. The number of benzene rings is 5. The second kappa shape index (κ2) is 11.6. The Morgan fingerprint density at radius 3 is 1.38 bits per heavy atom. The van der Waals surface area contributed by atoms with Gasteiger partial charge in [0.25, 0.3) is 0 Å². The van der Waals surface area contributed by atoms with Gasteiger partial charge in [-0.15, -0.1) is 0 Å². The van der Waals surface area contributed by atoms with E-state index in [0.29, 0.717) is 5.82 Å². The molecule has 1 saturated heterocycles. The summed E-state index contributed by atoms with van der Waals surface area (Å²) in [5.74, 6) is 0.703. The Kier molecular flexibility index (Phi) is 7.44. The minimum atomic E-state index is -0.396. The van der Waals surface area contributed by atoms with Gasteiger partial charge in [0.1, 0.15) is 0 Å². The fourth-order valence-electron chi connectivity index (χ4n) is 5.60. The Morgan fingerprint density at radius 2 is 0.844 bits per heavy atom. The van der Waals surface area contributed by atoms with E-state index in [1.807, 2.05) is 24.3 Å². The van der Waals surface area contributed by atoms with E-state index in [2.05, 4.69) is 143 Å². The summed E-state index contributed by atoms with van der Waals surface area (Å²) in [5.41, 5.74) is 9.68. The van der Waals surface area contributed by atoms with Crippen LogP contribution in [0.3, 0.4) is 0 Å². The molecular formula is C40H35BN2O2. The fraction of sp³-hybridized carbons (Fsp3) is 0.150. The zero-order valence-corrected chi connectivity index (χ0v) is 26.1. The molecule has 0 bridgehead atoms. The van der Waals surface area contributed by atoms with Gasteiger partial charge in [-0.05, 0) is 61.5 Å². The van der Waals surface area contributed by atoms with E-state index in [1.165, 1.54) is 11.1 Å². The first-order chi connectivity index (χ1) is 21.8. The minimum Gasteiger partial charge on any atom is -0.399 e. The van der Waals surface area contributed by atoms with Crippen LogP contribution < -0.4 is 5.46 Å². The lowest BCUT2D eigenvalue weighted by atomic mass is 9.78. The highest BCUT2D eigenvalue weighted by Gasteiger charge is 2.51. The zero-order valence-electron chi connectivity index (χ0n) is 26.1. The molecule has 0 aliphatic carbocycles. The molecule has 2 heterocycles. The summed E-state index contributed by atoms with van der Waals surface area (Å²) in [7, 11) is -0.396. The van der Waals surface area contributed by atoms with Gasteiger partial charge >= 0.3 is 7.12 Å². The van der Waals surface area contributed by atoms with Gasteiger partial charge in [0, 0.05) is 16.7 Å². The summed E-state index contributed by atoms with van der Waals surface area (Å²) in [6, 6.07) is 48.2. The highest BCUT2D eigenvalue weighted by molar-refractivity contribution is 6.62. The predicted octanol–water partition coefficient (Wildman–Crippen LogP) is 9.11. The van der Waals surface area contributed by atoms with Crippen molar-refractivity contribution < 1.29 is 9.31 Å². The monoisotopic (exact) mass is 586 g/mol. The molecule has 0 unspecified atom stereocenters. The molecule has 0 radical (unpaired) electrons.